The Hall–Kier alpha value is -1.27. The molecule has 0 aromatic carbocycles. The van der Waals surface area contributed by atoms with Gasteiger partial charge in [0.1, 0.15) is 0 Å². The number of carboxylic acid groups (broad SMARTS) is 1. The number of halogens is 3. The molecule has 4 aliphatic rings. The zero-order valence-corrected chi connectivity index (χ0v) is 14.7. The third-order valence-electron chi connectivity index (χ3n) is 5.83. The first-order chi connectivity index (χ1) is 11.6. The van der Waals surface area contributed by atoms with Gasteiger partial charge in [-0.25, -0.2) is 4.79 Å². The number of amides is 1. The van der Waals surface area contributed by atoms with Gasteiger partial charge in [-0.15, -0.1) is 0 Å². The number of aliphatic carboxylic acids is 1. The predicted octanol–water partition coefficient (Wildman–Crippen LogP) is 4.14. The largest absolute Gasteiger partial charge is 0.490 e. The maximum Gasteiger partial charge on any atom is 0.490 e. The summed E-state index contributed by atoms with van der Waals surface area (Å²) in [7, 11) is 0. The highest BCUT2D eigenvalue weighted by Gasteiger charge is 2.50. The first kappa shape index (κ1) is 20.0. The second-order valence-corrected chi connectivity index (χ2v) is 8.10. The van der Waals surface area contributed by atoms with E-state index in [4.69, 9.17) is 9.90 Å². The fourth-order valence-electron chi connectivity index (χ4n) is 5.22. The summed E-state index contributed by atoms with van der Waals surface area (Å²) < 4.78 is 31.7. The summed E-state index contributed by atoms with van der Waals surface area (Å²) in [5, 5.41) is 10.4. The molecule has 0 aromatic rings. The molecule has 1 amide bonds. The molecule has 0 radical (unpaired) electrons. The van der Waals surface area contributed by atoms with Gasteiger partial charge in [-0.2, -0.15) is 13.2 Å². The zero-order valence-electron chi connectivity index (χ0n) is 14.7. The molecule has 7 heteroatoms. The van der Waals surface area contributed by atoms with Gasteiger partial charge in [0.2, 0.25) is 5.91 Å². The average Bonchev–Trinajstić information content (AvgIpc) is 2.49. The van der Waals surface area contributed by atoms with Crippen LogP contribution in [0, 0.1) is 23.2 Å². The van der Waals surface area contributed by atoms with E-state index in [1.807, 2.05) is 0 Å². The number of hydrogen-bond acceptors (Lipinski definition) is 2. The van der Waals surface area contributed by atoms with Crippen LogP contribution in [0.25, 0.3) is 0 Å². The number of alkyl halides is 3. The minimum absolute atomic E-state index is 0.285. The highest BCUT2D eigenvalue weighted by Crippen LogP contribution is 2.59. The molecule has 4 rings (SSSR count). The highest BCUT2D eigenvalue weighted by molar-refractivity contribution is 5.75. The molecule has 0 aliphatic heterocycles. The minimum atomic E-state index is -5.08. The smallest absolute Gasteiger partial charge is 0.475 e. The Morgan fingerprint density at radius 2 is 1.52 bits per heavy atom. The second-order valence-electron chi connectivity index (χ2n) is 8.10. The molecule has 4 saturated carbocycles. The van der Waals surface area contributed by atoms with Crippen LogP contribution in [0.2, 0.25) is 0 Å². The van der Waals surface area contributed by atoms with Gasteiger partial charge < -0.3 is 10.4 Å². The lowest BCUT2D eigenvalue weighted by molar-refractivity contribution is -0.192. The van der Waals surface area contributed by atoms with Crippen molar-refractivity contribution in [3.05, 3.63) is 0 Å². The Kier molecular flexibility index (Phi) is 6.38. The zero-order chi connectivity index (χ0) is 18.7. The number of carbonyl (C=O) groups is 2. The van der Waals surface area contributed by atoms with Gasteiger partial charge in [0.15, 0.2) is 0 Å². The number of unbranched alkanes of at least 4 members (excludes halogenated alkanes) is 1. The van der Waals surface area contributed by atoms with Gasteiger partial charge in [0, 0.05) is 13.0 Å². The van der Waals surface area contributed by atoms with E-state index >= 15 is 0 Å². The van der Waals surface area contributed by atoms with Crippen molar-refractivity contribution in [3.63, 3.8) is 0 Å². The first-order valence-electron chi connectivity index (χ1n) is 9.20. The van der Waals surface area contributed by atoms with E-state index in [1.54, 1.807) is 0 Å². The third kappa shape index (κ3) is 5.61. The van der Waals surface area contributed by atoms with Crippen LogP contribution in [0.1, 0.15) is 64.7 Å². The fraction of sp³-hybridized carbons (Fsp3) is 0.889. The maximum atomic E-state index is 11.8. The van der Waals surface area contributed by atoms with Crippen molar-refractivity contribution in [3.8, 4) is 0 Å². The Labute approximate surface area is 146 Å². The molecule has 0 spiro atoms. The summed E-state index contributed by atoms with van der Waals surface area (Å²) in [6.07, 6.45) is 6.45. The van der Waals surface area contributed by atoms with Crippen LogP contribution >= 0.6 is 0 Å². The quantitative estimate of drug-likeness (QED) is 0.771. The van der Waals surface area contributed by atoms with Crippen molar-refractivity contribution in [2.45, 2.75) is 70.9 Å². The van der Waals surface area contributed by atoms with Crippen molar-refractivity contribution in [2.24, 2.45) is 23.2 Å². The summed E-state index contributed by atoms with van der Waals surface area (Å²) in [5.74, 6) is 0.497. The van der Waals surface area contributed by atoms with Gasteiger partial charge in [-0.1, -0.05) is 13.3 Å². The van der Waals surface area contributed by atoms with E-state index in [-0.39, 0.29) is 5.91 Å². The molecule has 4 bridgehead atoms. The summed E-state index contributed by atoms with van der Waals surface area (Å²) >= 11 is 0. The maximum absolute atomic E-state index is 11.8. The van der Waals surface area contributed by atoms with Crippen molar-refractivity contribution >= 4 is 11.9 Å². The summed E-state index contributed by atoms with van der Waals surface area (Å²) in [4.78, 5) is 20.7. The lowest BCUT2D eigenvalue weighted by atomic mass is 9.49. The summed E-state index contributed by atoms with van der Waals surface area (Å²) in [5.41, 5.74) is 0.497. The van der Waals surface area contributed by atoms with E-state index in [9.17, 15) is 18.0 Å². The molecule has 4 nitrogen and oxygen atoms in total. The molecule has 0 aromatic heterocycles. The van der Waals surface area contributed by atoms with E-state index in [1.165, 1.54) is 38.5 Å². The Morgan fingerprint density at radius 1 is 1.08 bits per heavy atom. The molecule has 4 aliphatic carbocycles. The number of rotatable bonds is 5. The van der Waals surface area contributed by atoms with Crippen LogP contribution in [-0.2, 0) is 9.59 Å². The van der Waals surface area contributed by atoms with Crippen LogP contribution in [0.15, 0.2) is 0 Å². The number of carboxylic acids is 1. The number of hydrogen-bond donors (Lipinski definition) is 2. The molecule has 2 N–H and O–H groups in total. The number of carbonyl (C=O) groups excluding carboxylic acids is 1. The van der Waals surface area contributed by atoms with Crippen LogP contribution in [0.5, 0.6) is 0 Å². The molecule has 25 heavy (non-hydrogen) atoms. The first-order valence-corrected chi connectivity index (χ1v) is 9.20. The van der Waals surface area contributed by atoms with Crippen LogP contribution < -0.4 is 5.32 Å². The van der Waals surface area contributed by atoms with Gasteiger partial charge in [-0.05, 0) is 68.1 Å². The Bertz CT molecular complexity index is 455. The van der Waals surface area contributed by atoms with Crippen molar-refractivity contribution in [1.82, 2.24) is 5.32 Å². The lowest BCUT2D eigenvalue weighted by Gasteiger charge is -2.56. The van der Waals surface area contributed by atoms with Gasteiger partial charge >= 0.3 is 12.1 Å². The molecule has 0 unspecified atom stereocenters. The van der Waals surface area contributed by atoms with Gasteiger partial charge in [0.25, 0.3) is 0 Å². The molecule has 0 saturated heterocycles. The molecular formula is C18H28F3NO3. The van der Waals surface area contributed by atoms with E-state index < -0.39 is 12.1 Å². The fourth-order valence-corrected chi connectivity index (χ4v) is 5.22. The van der Waals surface area contributed by atoms with Crippen molar-refractivity contribution < 1.29 is 27.9 Å². The van der Waals surface area contributed by atoms with Gasteiger partial charge in [-0.3, -0.25) is 4.79 Å². The molecule has 0 atom stereocenters. The SMILES string of the molecule is CCCCC(=O)NCC12CC3CC(CC(C3)C1)C2.O=C(O)C(F)(F)F. The molecule has 4 fully saturated rings. The highest BCUT2D eigenvalue weighted by atomic mass is 19.4. The third-order valence-corrected chi connectivity index (χ3v) is 5.83. The Balaban J connectivity index is 0.000000277. The van der Waals surface area contributed by atoms with E-state index in [0.29, 0.717) is 5.41 Å². The lowest BCUT2D eigenvalue weighted by Crippen LogP contribution is -2.51. The monoisotopic (exact) mass is 363 g/mol. The standard InChI is InChI=1S/C16H27NO.C2HF3O2/c1-2-3-4-15(18)17-11-16-8-12-5-13(9-16)7-14(6-12)10-16;3-2(4,5)1(6)7/h12-14H,2-11H2,1H3,(H,17,18);(H,6,7). The summed E-state index contributed by atoms with van der Waals surface area (Å²) in [6.45, 7) is 3.12. The van der Waals surface area contributed by atoms with Crippen molar-refractivity contribution in [2.75, 3.05) is 6.54 Å². The van der Waals surface area contributed by atoms with Crippen LogP contribution in [0.4, 0.5) is 13.2 Å². The van der Waals surface area contributed by atoms with Gasteiger partial charge in [0.05, 0.1) is 0 Å². The predicted molar refractivity (Wildman–Crippen MR) is 86.8 cm³/mol. The second kappa shape index (κ2) is 7.96. The number of nitrogens with one attached hydrogen (secondary N) is 1. The van der Waals surface area contributed by atoms with E-state index in [0.717, 1.165) is 43.6 Å². The summed E-state index contributed by atoms with van der Waals surface area (Å²) in [6, 6.07) is 0. The Morgan fingerprint density at radius 3 is 1.88 bits per heavy atom. The molecular weight excluding hydrogens is 335 g/mol. The normalized spacial score (nSPS) is 32.7. The average molecular weight is 363 g/mol. The van der Waals surface area contributed by atoms with Crippen molar-refractivity contribution in [1.29, 1.82) is 0 Å². The minimum Gasteiger partial charge on any atom is -0.475 e. The van der Waals surface area contributed by atoms with Crippen LogP contribution in [0.3, 0.4) is 0 Å². The van der Waals surface area contributed by atoms with Crippen LogP contribution in [-0.4, -0.2) is 29.7 Å². The molecule has 0 heterocycles. The van der Waals surface area contributed by atoms with E-state index in [2.05, 4.69) is 12.2 Å². The topological polar surface area (TPSA) is 66.4 Å². The molecule has 144 valence electrons.